The van der Waals surface area contributed by atoms with E-state index in [1.54, 1.807) is 0 Å². The topological polar surface area (TPSA) is 26.0 Å². The Balaban J connectivity index is 2.05. The third kappa shape index (κ3) is 2.35. The summed E-state index contributed by atoms with van der Waals surface area (Å²) in [4.78, 5) is 0. The molecule has 1 fully saturated rings. The van der Waals surface area contributed by atoms with Crippen LogP contribution in [0.25, 0.3) is 0 Å². The van der Waals surface area contributed by atoms with Gasteiger partial charge in [0.15, 0.2) is 0 Å². The van der Waals surface area contributed by atoms with Crippen molar-refractivity contribution < 1.29 is 0 Å². The first-order chi connectivity index (χ1) is 7.01. The van der Waals surface area contributed by atoms with E-state index in [4.69, 9.17) is 17.3 Å². The lowest BCUT2D eigenvalue weighted by Crippen LogP contribution is -2.29. The van der Waals surface area contributed by atoms with Crippen molar-refractivity contribution in [3.8, 4) is 0 Å². The van der Waals surface area contributed by atoms with Crippen molar-refractivity contribution in [2.24, 2.45) is 17.6 Å². The van der Waals surface area contributed by atoms with Crippen LogP contribution in [0.5, 0.6) is 0 Å². The Morgan fingerprint density at radius 1 is 1.53 bits per heavy atom. The van der Waals surface area contributed by atoms with Crippen molar-refractivity contribution in [2.75, 3.05) is 0 Å². The average Bonchev–Trinajstić information content (AvgIpc) is 2.77. The molecule has 0 aromatic heterocycles. The highest BCUT2D eigenvalue weighted by Crippen LogP contribution is 2.48. The maximum Gasteiger partial charge on any atom is 0.0408 e. The smallest absolute Gasteiger partial charge is 0.0408 e. The molecule has 0 heterocycles. The van der Waals surface area contributed by atoms with Gasteiger partial charge in [-0.05, 0) is 42.4 Å². The third-order valence-electron chi connectivity index (χ3n) is 3.41. The van der Waals surface area contributed by atoms with Gasteiger partial charge in [-0.25, -0.2) is 0 Å². The van der Waals surface area contributed by atoms with Crippen LogP contribution < -0.4 is 5.73 Å². The summed E-state index contributed by atoms with van der Waals surface area (Å²) >= 11 is 5.95. The molecule has 0 amide bonds. The summed E-state index contributed by atoms with van der Waals surface area (Å²) in [5, 5.41) is 0.804. The van der Waals surface area contributed by atoms with Gasteiger partial charge in [0.25, 0.3) is 0 Å². The quantitative estimate of drug-likeness (QED) is 0.837. The molecule has 0 bridgehead atoms. The Morgan fingerprint density at radius 3 is 2.80 bits per heavy atom. The van der Waals surface area contributed by atoms with Gasteiger partial charge in [-0.2, -0.15) is 0 Å². The van der Waals surface area contributed by atoms with Gasteiger partial charge in [0.05, 0.1) is 0 Å². The number of hydrogen-bond acceptors (Lipinski definition) is 1. The van der Waals surface area contributed by atoms with Crippen LogP contribution in [0.4, 0.5) is 0 Å². The van der Waals surface area contributed by atoms with Crippen molar-refractivity contribution in [3.05, 3.63) is 34.9 Å². The molecule has 1 saturated carbocycles. The van der Waals surface area contributed by atoms with E-state index in [9.17, 15) is 0 Å². The van der Waals surface area contributed by atoms with Gasteiger partial charge in [-0.3, -0.25) is 0 Å². The first kappa shape index (κ1) is 11.0. The molecule has 0 spiro atoms. The maximum absolute atomic E-state index is 6.33. The van der Waals surface area contributed by atoms with E-state index in [1.807, 2.05) is 18.2 Å². The standard InChI is InChI=1S/C13H18ClN/c1-9(2)12-8-13(12,15)7-10-4-3-5-11(14)6-10/h3-6,9,12H,7-8,15H2,1-2H3. The van der Waals surface area contributed by atoms with E-state index < -0.39 is 0 Å². The monoisotopic (exact) mass is 223 g/mol. The minimum Gasteiger partial charge on any atom is -0.325 e. The molecule has 0 aliphatic heterocycles. The minimum absolute atomic E-state index is 0.0266. The van der Waals surface area contributed by atoms with Crippen LogP contribution in [0.2, 0.25) is 5.02 Å². The van der Waals surface area contributed by atoms with Crippen LogP contribution in [0.15, 0.2) is 24.3 Å². The van der Waals surface area contributed by atoms with Crippen molar-refractivity contribution in [1.82, 2.24) is 0 Å². The Morgan fingerprint density at radius 2 is 2.27 bits per heavy atom. The molecule has 1 aliphatic rings. The highest BCUT2D eigenvalue weighted by Gasteiger charge is 2.51. The van der Waals surface area contributed by atoms with Gasteiger partial charge < -0.3 is 5.73 Å². The van der Waals surface area contributed by atoms with Crippen LogP contribution in [0.3, 0.4) is 0 Å². The number of nitrogens with two attached hydrogens (primary N) is 1. The number of benzene rings is 1. The second-order valence-electron chi connectivity index (χ2n) is 5.09. The van der Waals surface area contributed by atoms with Gasteiger partial charge in [-0.1, -0.05) is 37.6 Å². The Bertz CT molecular complexity index is 361. The molecule has 15 heavy (non-hydrogen) atoms. The van der Waals surface area contributed by atoms with E-state index in [0.29, 0.717) is 11.8 Å². The molecule has 2 atom stereocenters. The average molecular weight is 224 g/mol. The highest BCUT2D eigenvalue weighted by molar-refractivity contribution is 6.30. The van der Waals surface area contributed by atoms with E-state index in [0.717, 1.165) is 17.9 Å². The second-order valence-corrected chi connectivity index (χ2v) is 5.53. The lowest BCUT2D eigenvalue weighted by molar-refractivity contribution is 0.475. The van der Waals surface area contributed by atoms with Crippen LogP contribution in [-0.4, -0.2) is 5.54 Å². The normalized spacial score (nSPS) is 29.5. The minimum atomic E-state index is 0.0266. The molecule has 2 rings (SSSR count). The predicted octanol–water partition coefficient (Wildman–Crippen LogP) is 3.26. The summed E-state index contributed by atoms with van der Waals surface area (Å²) in [6.07, 6.45) is 2.10. The summed E-state index contributed by atoms with van der Waals surface area (Å²) in [5.41, 5.74) is 7.61. The molecule has 2 N–H and O–H groups in total. The van der Waals surface area contributed by atoms with E-state index >= 15 is 0 Å². The Labute approximate surface area is 96.6 Å². The van der Waals surface area contributed by atoms with Crippen LogP contribution in [0, 0.1) is 11.8 Å². The Hall–Kier alpha value is -0.530. The van der Waals surface area contributed by atoms with Crippen LogP contribution in [-0.2, 0) is 6.42 Å². The third-order valence-corrected chi connectivity index (χ3v) is 3.64. The largest absolute Gasteiger partial charge is 0.325 e. The molecule has 2 unspecified atom stereocenters. The molecule has 1 aromatic rings. The molecule has 2 heteroatoms. The number of rotatable bonds is 3. The number of halogens is 1. The zero-order chi connectivity index (χ0) is 11.1. The lowest BCUT2D eigenvalue weighted by atomic mass is 9.98. The van der Waals surface area contributed by atoms with Crippen LogP contribution >= 0.6 is 11.6 Å². The summed E-state index contributed by atoms with van der Waals surface area (Å²) < 4.78 is 0. The van der Waals surface area contributed by atoms with E-state index in [1.165, 1.54) is 5.56 Å². The van der Waals surface area contributed by atoms with E-state index in [-0.39, 0.29) is 5.54 Å². The maximum atomic E-state index is 6.33. The Kier molecular flexibility index (Phi) is 2.78. The zero-order valence-corrected chi connectivity index (χ0v) is 10.1. The van der Waals surface area contributed by atoms with Gasteiger partial charge in [0.2, 0.25) is 0 Å². The van der Waals surface area contributed by atoms with Crippen molar-refractivity contribution >= 4 is 11.6 Å². The highest BCUT2D eigenvalue weighted by atomic mass is 35.5. The molecule has 1 aromatic carbocycles. The van der Waals surface area contributed by atoms with Gasteiger partial charge in [0.1, 0.15) is 0 Å². The first-order valence-corrected chi connectivity index (χ1v) is 5.92. The summed E-state index contributed by atoms with van der Waals surface area (Å²) in [6, 6.07) is 8.02. The SMILES string of the molecule is CC(C)C1CC1(N)Cc1cccc(Cl)c1. The van der Waals surface area contributed by atoms with Crippen molar-refractivity contribution in [1.29, 1.82) is 0 Å². The molecule has 82 valence electrons. The summed E-state index contributed by atoms with van der Waals surface area (Å²) in [7, 11) is 0. The zero-order valence-electron chi connectivity index (χ0n) is 9.33. The fourth-order valence-electron chi connectivity index (χ4n) is 2.48. The first-order valence-electron chi connectivity index (χ1n) is 5.54. The predicted molar refractivity (Wildman–Crippen MR) is 65.0 cm³/mol. The van der Waals surface area contributed by atoms with Gasteiger partial charge in [-0.15, -0.1) is 0 Å². The molecule has 1 aliphatic carbocycles. The fourth-order valence-corrected chi connectivity index (χ4v) is 2.69. The van der Waals surface area contributed by atoms with Crippen molar-refractivity contribution in [2.45, 2.75) is 32.2 Å². The van der Waals surface area contributed by atoms with E-state index in [2.05, 4.69) is 19.9 Å². The van der Waals surface area contributed by atoms with Crippen molar-refractivity contribution in [3.63, 3.8) is 0 Å². The molecular weight excluding hydrogens is 206 g/mol. The second kappa shape index (κ2) is 3.80. The summed E-state index contributed by atoms with van der Waals surface area (Å²) in [5.74, 6) is 1.37. The molecule has 0 saturated heterocycles. The molecule has 0 radical (unpaired) electrons. The molecular formula is C13H18ClN. The summed E-state index contributed by atoms with van der Waals surface area (Å²) in [6.45, 7) is 4.49. The molecule has 1 nitrogen and oxygen atoms in total. The fraction of sp³-hybridized carbons (Fsp3) is 0.538. The number of hydrogen-bond donors (Lipinski definition) is 1. The lowest BCUT2D eigenvalue weighted by Gasteiger charge is -2.13. The van der Waals surface area contributed by atoms with Gasteiger partial charge in [0, 0.05) is 10.6 Å². The van der Waals surface area contributed by atoms with Gasteiger partial charge >= 0.3 is 0 Å². The van der Waals surface area contributed by atoms with Crippen LogP contribution in [0.1, 0.15) is 25.8 Å².